The van der Waals surface area contributed by atoms with E-state index in [1.54, 1.807) is 24.5 Å². The normalized spacial score (nSPS) is 12.2. The van der Waals surface area contributed by atoms with E-state index in [1.165, 1.54) is 6.07 Å². The number of hydrogen-bond acceptors (Lipinski definition) is 4. The molecular weight excluding hydrogens is 257 g/mol. The van der Waals surface area contributed by atoms with Crippen molar-refractivity contribution in [1.29, 1.82) is 0 Å². The highest BCUT2D eigenvalue weighted by Gasteiger charge is 2.17. The Balaban J connectivity index is 2.38. The molecule has 0 aliphatic carbocycles. The molecule has 1 atom stereocenters. The molecule has 0 amide bonds. The summed E-state index contributed by atoms with van der Waals surface area (Å²) in [7, 11) is 0. The molecule has 1 unspecified atom stereocenters. The quantitative estimate of drug-likeness (QED) is 0.650. The molecule has 5 heteroatoms. The number of rotatable bonds is 5. The fourth-order valence-corrected chi connectivity index (χ4v) is 2.07. The largest absolute Gasteiger partial charge is 0.492 e. The maximum absolute atomic E-state index is 14.1. The molecule has 0 aliphatic rings. The van der Waals surface area contributed by atoms with Crippen molar-refractivity contribution in [2.45, 2.75) is 19.9 Å². The van der Waals surface area contributed by atoms with Crippen molar-refractivity contribution in [2.24, 2.45) is 5.84 Å². The predicted octanol–water partition coefficient (Wildman–Crippen LogP) is 2.48. The number of aromatic nitrogens is 1. The minimum absolute atomic E-state index is 0.297. The van der Waals surface area contributed by atoms with E-state index >= 15 is 0 Å². The van der Waals surface area contributed by atoms with Gasteiger partial charge in [0.25, 0.3) is 0 Å². The molecular formula is C15H18FN3O. The summed E-state index contributed by atoms with van der Waals surface area (Å²) < 4.78 is 19.5. The number of aryl methyl sites for hydroxylation is 1. The number of halogens is 1. The lowest BCUT2D eigenvalue weighted by Gasteiger charge is -2.18. The SMILES string of the molecule is CCOc1cncc(C(NN)c2ccc(C)cc2F)c1. The summed E-state index contributed by atoms with van der Waals surface area (Å²) in [5.41, 5.74) is 4.72. The Morgan fingerprint density at radius 2 is 2.15 bits per heavy atom. The van der Waals surface area contributed by atoms with E-state index in [1.807, 2.05) is 19.9 Å². The Hall–Kier alpha value is -1.98. The van der Waals surface area contributed by atoms with Crippen molar-refractivity contribution in [3.63, 3.8) is 0 Å². The van der Waals surface area contributed by atoms with Crippen LogP contribution in [0.2, 0.25) is 0 Å². The summed E-state index contributed by atoms with van der Waals surface area (Å²) in [6, 6.07) is 6.40. The molecule has 0 aliphatic heterocycles. The van der Waals surface area contributed by atoms with Crippen LogP contribution in [0.1, 0.15) is 29.7 Å². The van der Waals surface area contributed by atoms with E-state index in [9.17, 15) is 4.39 Å². The second-order valence-electron chi connectivity index (χ2n) is 4.51. The van der Waals surface area contributed by atoms with E-state index < -0.39 is 6.04 Å². The highest BCUT2D eigenvalue weighted by molar-refractivity contribution is 5.36. The summed E-state index contributed by atoms with van der Waals surface area (Å²) >= 11 is 0. The van der Waals surface area contributed by atoms with Gasteiger partial charge in [-0.2, -0.15) is 0 Å². The van der Waals surface area contributed by atoms with Crippen LogP contribution in [0.4, 0.5) is 4.39 Å². The lowest BCUT2D eigenvalue weighted by atomic mass is 9.99. The van der Waals surface area contributed by atoms with Crippen LogP contribution in [0.5, 0.6) is 5.75 Å². The number of ether oxygens (including phenoxy) is 1. The monoisotopic (exact) mass is 275 g/mol. The molecule has 1 aromatic carbocycles. The van der Waals surface area contributed by atoms with Crippen molar-refractivity contribution in [3.05, 3.63) is 59.2 Å². The number of hydrazine groups is 1. The van der Waals surface area contributed by atoms with Crippen LogP contribution in [-0.4, -0.2) is 11.6 Å². The van der Waals surface area contributed by atoms with E-state index in [4.69, 9.17) is 10.6 Å². The number of nitrogens with zero attached hydrogens (tertiary/aromatic N) is 1. The van der Waals surface area contributed by atoms with Crippen molar-refractivity contribution in [2.75, 3.05) is 6.61 Å². The summed E-state index contributed by atoms with van der Waals surface area (Å²) in [5.74, 6) is 5.92. The van der Waals surface area contributed by atoms with Crippen molar-refractivity contribution in [1.82, 2.24) is 10.4 Å². The summed E-state index contributed by atoms with van der Waals surface area (Å²) in [4.78, 5) is 4.10. The lowest BCUT2D eigenvalue weighted by molar-refractivity contribution is 0.338. The zero-order chi connectivity index (χ0) is 14.5. The Morgan fingerprint density at radius 1 is 1.35 bits per heavy atom. The molecule has 0 saturated carbocycles. The lowest BCUT2D eigenvalue weighted by Crippen LogP contribution is -2.29. The average Bonchev–Trinajstić information content (AvgIpc) is 2.43. The first kappa shape index (κ1) is 14.4. The molecule has 2 aromatic rings. The third kappa shape index (κ3) is 3.12. The minimum atomic E-state index is -0.469. The van der Waals surface area contributed by atoms with Crippen LogP contribution >= 0.6 is 0 Å². The molecule has 20 heavy (non-hydrogen) atoms. The number of nitrogens with two attached hydrogens (primary N) is 1. The fraction of sp³-hybridized carbons (Fsp3) is 0.267. The molecule has 1 aromatic heterocycles. The number of nitrogens with one attached hydrogen (secondary N) is 1. The molecule has 106 valence electrons. The van der Waals surface area contributed by atoms with Gasteiger partial charge in [0.05, 0.1) is 18.8 Å². The van der Waals surface area contributed by atoms with Gasteiger partial charge in [0.1, 0.15) is 11.6 Å². The van der Waals surface area contributed by atoms with Gasteiger partial charge in [-0.25, -0.2) is 9.82 Å². The maximum atomic E-state index is 14.1. The number of benzene rings is 1. The Bertz CT molecular complexity index is 589. The summed E-state index contributed by atoms with van der Waals surface area (Å²) in [6.07, 6.45) is 3.26. The molecule has 0 bridgehead atoms. The third-order valence-corrected chi connectivity index (χ3v) is 3.01. The van der Waals surface area contributed by atoms with Gasteiger partial charge in [0, 0.05) is 11.8 Å². The van der Waals surface area contributed by atoms with Crippen LogP contribution in [0.25, 0.3) is 0 Å². The van der Waals surface area contributed by atoms with Crippen LogP contribution in [0, 0.1) is 12.7 Å². The van der Waals surface area contributed by atoms with Crippen LogP contribution in [0.3, 0.4) is 0 Å². The van der Waals surface area contributed by atoms with Crippen molar-refractivity contribution >= 4 is 0 Å². The molecule has 0 radical (unpaired) electrons. The van der Waals surface area contributed by atoms with Crippen LogP contribution < -0.4 is 16.0 Å². The summed E-state index contributed by atoms with van der Waals surface area (Å²) in [6.45, 7) is 4.28. The van der Waals surface area contributed by atoms with Crippen LogP contribution in [-0.2, 0) is 0 Å². The standard InChI is InChI=1S/C15H18FN3O/c1-3-20-12-7-11(8-18-9-12)15(19-17)13-5-4-10(2)6-14(13)16/h4-9,15,19H,3,17H2,1-2H3. The zero-order valence-corrected chi connectivity index (χ0v) is 11.6. The highest BCUT2D eigenvalue weighted by Crippen LogP contribution is 2.26. The molecule has 0 fully saturated rings. The third-order valence-electron chi connectivity index (χ3n) is 3.01. The van der Waals surface area contributed by atoms with Gasteiger partial charge < -0.3 is 4.74 Å². The number of pyridine rings is 1. The van der Waals surface area contributed by atoms with E-state index in [0.29, 0.717) is 17.9 Å². The van der Waals surface area contributed by atoms with Crippen molar-refractivity contribution in [3.8, 4) is 5.75 Å². The Morgan fingerprint density at radius 3 is 2.80 bits per heavy atom. The molecule has 1 heterocycles. The van der Waals surface area contributed by atoms with Crippen molar-refractivity contribution < 1.29 is 9.13 Å². The summed E-state index contributed by atoms with van der Waals surface area (Å²) in [5, 5.41) is 0. The van der Waals surface area contributed by atoms with Gasteiger partial charge in [0.2, 0.25) is 0 Å². The highest BCUT2D eigenvalue weighted by atomic mass is 19.1. The zero-order valence-electron chi connectivity index (χ0n) is 11.6. The second kappa shape index (κ2) is 6.45. The average molecular weight is 275 g/mol. The van der Waals surface area contributed by atoms with Crippen LogP contribution in [0.15, 0.2) is 36.7 Å². The van der Waals surface area contributed by atoms with E-state index in [0.717, 1.165) is 11.1 Å². The van der Waals surface area contributed by atoms with Gasteiger partial charge in [-0.1, -0.05) is 12.1 Å². The molecule has 3 N–H and O–H groups in total. The maximum Gasteiger partial charge on any atom is 0.137 e. The topological polar surface area (TPSA) is 60.2 Å². The van der Waals surface area contributed by atoms with Gasteiger partial charge in [0.15, 0.2) is 0 Å². The predicted molar refractivity (Wildman–Crippen MR) is 75.7 cm³/mol. The van der Waals surface area contributed by atoms with E-state index in [-0.39, 0.29) is 5.82 Å². The first-order valence-electron chi connectivity index (χ1n) is 6.45. The molecule has 0 spiro atoms. The fourth-order valence-electron chi connectivity index (χ4n) is 2.07. The first-order valence-corrected chi connectivity index (χ1v) is 6.45. The second-order valence-corrected chi connectivity index (χ2v) is 4.51. The Labute approximate surface area is 117 Å². The first-order chi connectivity index (χ1) is 9.65. The molecule has 0 saturated heterocycles. The van der Waals surface area contributed by atoms with Gasteiger partial charge in [-0.15, -0.1) is 0 Å². The smallest absolute Gasteiger partial charge is 0.137 e. The molecule has 4 nitrogen and oxygen atoms in total. The van der Waals surface area contributed by atoms with E-state index in [2.05, 4.69) is 10.4 Å². The minimum Gasteiger partial charge on any atom is -0.492 e. The van der Waals surface area contributed by atoms with Gasteiger partial charge in [-0.3, -0.25) is 10.8 Å². The Kier molecular flexibility index (Phi) is 4.65. The number of hydrogen-bond donors (Lipinski definition) is 2. The van der Waals surface area contributed by atoms with Gasteiger partial charge >= 0.3 is 0 Å². The molecule has 2 rings (SSSR count). The van der Waals surface area contributed by atoms with Gasteiger partial charge in [-0.05, 0) is 37.1 Å².